The topological polar surface area (TPSA) is 44.5 Å². The lowest BCUT2D eigenvalue weighted by atomic mass is 9.99. The second-order valence-electron chi connectivity index (χ2n) is 6.61. The lowest BCUT2D eigenvalue weighted by Crippen LogP contribution is -2.35. The van der Waals surface area contributed by atoms with Crippen LogP contribution in [0.1, 0.15) is 63.6 Å². The Morgan fingerprint density at radius 2 is 1.62 bits per heavy atom. The maximum absolute atomic E-state index is 6.25. The highest BCUT2D eigenvalue weighted by atomic mass is 16.5. The summed E-state index contributed by atoms with van der Waals surface area (Å²) in [5.74, 6) is 0.553. The molecule has 1 aliphatic heterocycles. The minimum absolute atomic E-state index is 0.0559. The highest BCUT2D eigenvalue weighted by Gasteiger charge is 2.25. The summed E-state index contributed by atoms with van der Waals surface area (Å²) in [7, 11) is 0. The van der Waals surface area contributed by atoms with Gasteiger partial charge in [-0.3, -0.25) is 0 Å². The van der Waals surface area contributed by atoms with Crippen molar-refractivity contribution in [1.82, 2.24) is 0 Å². The van der Waals surface area contributed by atoms with Crippen molar-refractivity contribution < 1.29 is 9.47 Å². The Kier molecular flexibility index (Phi) is 5.80. The van der Waals surface area contributed by atoms with Gasteiger partial charge >= 0.3 is 0 Å². The highest BCUT2D eigenvalue weighted by molar-refractivity contribution is 5.26. The normalized spacial score (nSPS) is 27.8. The van der Waals surface area contributed by atoms with Crippen molar-refractivity contribution in [2.45, 2.75) is 70.8 Å². The maximum Gasteiger partial charge on any atom is 0.0663 e. The molecule has 2 rings (SSSR count). The van der Waals surface area contributed by atoms with Gasteiger partial charge in [0.1, 0.15) is 0 Å². The molecule has 2 N–H and O–H groups in total. The van der Waals surface area contributed by atoms with Gasteiger partial charge in [0.25, 0.3) is 0 Å². The van der Waals surface area contributed by atoms with Gasteiger partial charge in [0.2, 0.25) is 0 Å². The fourth-order valence-corrected chi connectivity index (χ4v) is 2.94. The van der Waals surface area contributed by atoms with E-state index in [1.54, 1.807) is 0 Å². The molecule has 3 atom stereocenters. The first-order valence-electron chi connectivity index (χ1n) is 8.08. The molecule has 0 spiro atoms. The first kappa shape index (κ1) is 16.5. The van der Waals surface area contributed by atoms with Crippen molar-refractivity contribution >= 4 is 0 Å². The molecule has 3 heteroatoms. The van der Waals surface area contributed by atoms with Gasteiger partial charge in [0.15, 0.2) is 0 Å². The molecule has 1 aromatic carbocycles. The minimum Gasteiger partial charge on any atom is -0.376 e. The molecule has 0 aliphatic carbocycles. The number of hydrogen-bond donors (Lipinski definition) is 1. The van der Waals surface area contributed by atoms with E-state index in [4.69, 9.17) is 15.2 Å². The van der Waals surface area contributed by atoms with Gasteiger partial charge in [0.05, 0.1) is 31.0 Å². The molecule has 21 heavy (non-hydrogen) atoms. The molecular formula is C18H29NO2. The third-order valence-electron chi connectivity index (χ3n) is 4.20. The Bertz CT molecular complexity index is 419. The van der Waals surface area contributed by atoms with E-state index in [0.717, 1.165) is 18.4 Å². The van der Waals surface area contributed by atoms with Crippen molar-refractivity contribution in [1.29, 1.82) is 0 Å². The van der Waals surface area contributed by atoms with E-state index >= 15 is 0 Å². The Morgan fingerprint density at radius 3 is 2.14 bits per heavy atom. The van der Waals surface area contributed by atoms with Crippen LogP contribution in [0.25, 0.3) is 0 Å². The number of nitrogens with two attached hydrogens (primary N) is 1. The van der Waals surface area contributed by atoms with Gasteiger partial charge in [-0.1, -0.05) is 38.1 Å². The van der Waals surface area contributed by atoms with Crippen molar-refractivity contribution in [3.63, 3.8) is 0 Å². The Balaban J connectivity index is 1.85. The highest BCUT2D eigenvalue weighted by Crippen LogP contribution is 2.23. The third-order valence-corrected chi connectivity index (χ3v) is 4.20. The summed E-state index contributed by atoms with van der Waals surface area (Å²) >= 11 is 0. The molecule has 1 aliphatic rings. The van der Waals surface area contributed by atoms with Gasteiger partial charge in [0, 0.05) is 0 Å². The van der Waals surface area contributed by atoms with Crippen LogP contribution >= 0.6 is 0 Å². The summed E-state index contributed by atoms with van der Waals surface area (Å²) in [5, 5.41) is 0. The third kappa shape index (κ3) is 4.80. The van der Waals surface area contributed by atoms with Crippen LogP contribution in [0.4, 0.5) is 0 Å². The zero-order chi connectivity index (χ0) is 15.4. The average Bonchev–Trinajstić information content (AvgIpc) is 2.44. The van der Waals surface area contributed by atoms with Crippen LogP contribution in [0.3, 0.4) is 0 Å². The van der Waals surface area contributed by atoms with Gasteiger partial charge in [-0.05, 0) is 43.7 Å². The van der Waals surface area contributed by atoms with Crippen molar-refractivity contribution in [3.05, 3.63) is 35.4 Å². The van der Waals surface area contributed by atoms with Crippen molar-refractivity contribution in [2.24, 2.45) is 5.73 Å². The monoisotopic (exact) mass is 291 g/mol. The second-order valence-corrected chi connectivity index (χ2v) is 6.61. The summed E-state index contributed by atoms with van der Waals surface area (Å²) in [5.41, 5.74) is 8.74. The van der Waals surface area contributed by atoms with Crippen LogP contribution in [0.5, 0.6) is 0 Å². The minimum atomic E-state index is -0.0559. The molecule has 118 valence electrons. The van der Waals surface area contributed by atoms with Crippen LogP contribution in [0.2, 0.25) is 0 Å². The summed E-state index contributed by atoms with van der Waals surface area (Å²) in [6, 6.07) is 8.52. The van der Waals surface area contributed by atoms with E-state index in [1.807, 2.05) is 0 Å². The standard InChI is InChI=1S/C18H29NO2/c1-12(2)15-5-7-16(8-6-15)18(19)11-20-17-9-13(3)21-14(4)10-17/h5-8,12-14,17-18H,9-11,19H2,1-4H3. The van der Waals surface area contributed by atoms with Gasteiger partial charge in [-0.15, -0.1) is 0 Å². The number of rotatable bonds is 5. The molecule has 1 saturated heterocycles. The average molecular weight is 291 g/mol. The van der Waals surface area contributed by atoms with Crippen molar-refractivity contribution in [3.8, 4) is 0 Å². The van der Waals surface area contributed by atoms with E-state index < -0.39 is 0 Å². The molecule has 0 aromatic heterocycles. The molecular weight excluding hydrogens is 262 g/mol. The summed E-state index contributed by atoms with van der Waals surface area (Å²) in [6.45, 7) is 9.19. The van der Waals surface area contributed by atoms with Crippen LogP contribution < -0.4 is 5.73 Å². The summed E-state index contributed by atoms with van der Waals surface area (Å²) in [4.78, 5) is 0. The van der Waals surface area contributed by atoms with Gasteiger partial charge in [-0.2, -0.15) is 0 Å². The first-order chi connectivity index (χ1) is 9.95. The second kappa shape index (κ2) is 7.39. The predicted molar refractivity (Wildman–Crippen MR) is 86.4 cm³/mol. The van der Waals surface area contributed by atoms with E-state index in [-0.39, 0.29) is 24.4 Å². The number of ether oxygens (including phenoxy) is 2. The quantitative estimate of drug-likeness (QED) is 0.898. The van der Waals surface area contributed by atoms with E-state index in [2.05, 4.69) is 52.0 Å². The molecule has 0 amide bonds. The van der Waals surface area contributed by atoms with E-state index in [0.29, 0.717) is 12.5 Å². The van der Waals surface area contributed by atoms with Crippen LogP contribution in [0.15, 0.2) is 24.3 Å². The molecule has 1 aromatic rings. The van der Waals surface area contributed by atoms with E-state index in [9.17, 15) is 0 Å². The summed E-state index contributed by atoms with van der Waals surface area (Å²) in [6.07, 6.45) is 2.75. The SMILES string of the molecule is CC1CC(OCC(N)c2ccc(C(C)C)cc2)CC(C)O1. The largest absolute Gasteiger partial charge is 0.376 e. The molecule has 1 fully saturated rings. The maximum atomic E-state index is 6.25. The Morgan fingerprint density at radius 1 is 1.10 bits per heavy atom. The molecule has 0 bridgehead atoms. The summed E-state index contributed by atoms with van der Waals surface area (Å²) < 4.78 is 11.7. The number of hydrogen-bond acceptors (Lipinski definition) is 3. The Labute approximate surface area is 128 Å². The molecule has 1 heterocycles. The molecule has 0 saturated carbocycles. The van der Waals surface area contributed by atoms with Crippen LogP contribution in [-0.4, -0.2) is 24.9 Å². The van der Waals surface area contributed by atoms with Crippen LogP contribution in [0, 0.1) is 0 Å². The Hall–Kier alpha value is -0.900. The zero-order valence-electron chi connectivity index (χ0n) is 13.7. The lowest BCUT2D eigenvalue weighted by molar-refractivity contribution is -0.103. The number of benzene rings is 1. The predicted octanol–water partition coefficient (Wildman–Crippen LogP) is 3.78. The van der Waals surface area contributed by atoms with Gasteiger partial charge < -0.3 is 15.2 Å². The fourth-order valence-electron chi connectivity index (χ4n) is 2.94. The van der Waals surface area contributed by atoms with Gasteiger partial charge in [-0.25, -0.2) is 0 Å². The first-order valence-corrected chi connectivity index (χ1v) is 8.08. The lowest BCUT2D eigenvalue weighted by Gasteiger charge is -2.32. The molecule has 3 nitrogen and oxygen atoms in total. The van der Waals surface area contributed by atoms with Crippen molar-refractivity contribution in [2.75, 3.05) is 6.61 Å². The molecule has 0 radical (unpaired) electrons. The zero-order valence-corrected chi connectivity index (χ0v) is 13.7. The van der Waals surface area contributed by atoms with E-state index in [1.165, 1.54) is 5.56 Å². The smallest absolute Gasteiger partial charge is 0.0663 e. The fraction of sp³-hybridized carbons (Fsp3) is 0.667. The molecule has 3 unspecified atom stereocenters. The van der Waals surface area contributed by atoms with Crippen LogP contribution in [-0.2, 0) is 9.47 Å².